The number of nitrogens with one attached hydrogen (secondary N) is 1. The molecule has 2 aliphatic heterocycles. The number of amides is 1. The summed E-state index contributed by atoms with van der Waals surface area (Å²) in [6.07, 6.45) is -2.12. The molecular weight excluding hydrogens is 311 g/mol. The van der Waals surface area contributed by atoms with Gasteiger partial charge in [0.2, 0.25) is 0 Å². The minimum absolute atomic E-state index is 0.182. The number of nitrogens with zero attached hydrogens (tertiary/aromatic N) is 4. The van der Waals surface area contributed by atoms with E-state index < -0.39 is 23.8 Å². The van der Waals surface area contributed by atoms with Crippen LogP contribution in [-0.4, -0.2) is 47.4 Å². The zero-order valence-corrected chi connectivity index (χ0v) is 12.4. The lowest BCUT2D eigenvalue weighted by molar-refractivity contribution is -0.127. The fourth-order valence-corrected chi connectivity index (χ4v) is 2.64. The van der Waals surface area contributed by atoms with Crippen LogP contribution in [0.15, 0.2) is 35.1 Å². The summed E-state index contributed by atoms with van der Waals surface area (Å²) in [5, 5.41) is 6.22. The van der Waals surface area contributed by atoms with E-state index in [1.807, 2.05) is 0 Å². The van der Waals surface area contributed by atoms with Crippen molar-refractivity contribution in [3.05, 3.63) is 35.7 Å². The topological polar surface area (TPSA) is 60.8 Å². The van der Waals surface area contributed by atoms with Gasteiger partial charge in [0, 0.05) is 19.8 Å². The average molecular weight is 325 g/mol. The molecule has 23 heavy (non-hydrogen) atoms. The molecule has 0 bridgehead atoms. The first kappa shape index (κ1) is 15.5. The fourth-order valence-electron chi connectivity index (χ4n) is 2.64. The first-order chi connectivity index (χ1) is 10.8. The smallest absolute Gasteiger partial charge is 0.287 e. The Balaban J connectivity index is 2.13. The summed E-state index contributed by atoms with van der Waals surface area (Å²) in [4.78, 5) is 16.3. The van der Waals surface area contributed by atoms with Crippen molar-refractivity contribution in [2.24, 2.45) is 5.10 Å². The summed E-state index contributed by atoms with van der Waals surface area (Å²) < 4.78 is 39.5. The highest BCUT2D eigenvalue weighted by Gasteiger charge is 2.44. The van der Waals surface area contributed by atoms with Crippen LogP contribution < -0.4 is 10.4 Å². The number of carbonyl (C=O) groups excluding carboxylic acids is 1. The molecule has 1 atom stereocenters. The molecule has 1 aromatic heterocycles. The summed E-state index contributed by atoms with van der Waals surface area (Å²) >= 11 is 0. The number of pyridine rings is 1. The van der Waals surface area contributed by atoms with Gasteiger partial charge in [0.15, 0.2) is 11.8 Å². The van der Waals surface area contributed by atoms with Crippen molar-refractivity contribution in [1.29, 1.82) is 0 Å². The standard InChI is InChI=1S/C14H14F3N5O/c1-8-10(4-3-5-18-8)22-12-9(7-21(2)20-13(12)23)6-11(19-22)14(15,16)17/h3-6,12H,7H2,1-2H3,(H,20,23). The number of hydrazone groups is 1. The molecule has 0 spiro atoms. The molecule has 0 saturated carbocycles. The third-order valence-electron chi connectivity index (χ3n) is 3.62. The van der Waals surface area contributed by atoms with Crippen molar-refractivity contribution in [3.8, 4) is 0 Å². The number of hydrogen-bond donors (Lipinski definition) is 1. The monoisotopic (exact) mass is 325 g/mol. The molecule has 1 fully saturated rings. The molecule has 3 heterocycles. The Hall–Kier alpha value is -2.42. The largest absolute Gasteiger partial charge is 0.435 e. The molecule has 1 amide bonds. The maximum Gasteiger partial charge on any atom is 0.435 e. The Morgan fingerprint density at radius 3 is 2.78 bits per heavy atom. The van der Waals surface area contributed by atoms with Crippen LogP contribution in [0.2, 0.25) is 0 Å². The van der Waals surface area contributed by atoms with Gasteiger partial charge >= 0.3 is 6.18 Å². The van der Waals surface area contributed by atoms with Gasteiger partial charge in [-0.05, 0) is 30.7 Å². The van der Waals surface area contributed by atoms with E-state index >= 15 is 0 Å². The molecule has 6 nitrogen and oxygen atoms in total. The number of carbonyl (C=O) groups is 1. The number of hydrazine groups is 1. The number of hydrogen-bond acceptors (Lipinski definition) is 5. The molecule has 1 aromatic rings. The van der Waals surface area contributed by atoms with Crippen LogP contribution in [-0.2, 0) is 4.79 Å². The number of likely N-dealkylation sites (N-methyl/N-ethyl adjacent to an activating group) is 1. The minimum atomic E-state index is -4.60. The maximum atomic E-state index is 13.2. The quantitative estimate of drug-likeness (QED) is 0.848. The lowest BCUT2D eigenvalue weighted by atomic mass is 9.99. The van der Waals surface area contributed by atoms with E-state index in [-0.39, 0.29) is 6.54 Å². The van der Waals surface area contributed by atoms with Crippen molar-refractivity contribution < 1.29 is 18.0 Å². The molecule has 0 radical (unpaired) electrons. The molecule has 1 unspecified atom stereocenters. The number of allylic oxidation sites excluding steroid dienone is 1. The van der Waals surface area contributed by atoms with Crippen molar-refractivity contribution in [1.82, 2.24) is 15.4 Å². The molecule has 122 valence electrons. The van der Waals surface area contributed by atoms with Crippen molar-refractivity contribution in [3.63, 3.8) is 0 Å². The van der Waals surface area contributed by atoms with Crippen LogP contribution in [0.4, 0.5) is 18.9 Å². The number of fused-ring (bicyclic) bond motifs is 1. The van der Waals surface area contributed by atoms with Crippen molar-refractivity contribution in [2.75, 3.05) is 18.6 Å². The zero-order chi connectivity index (χ0) is 16.8. The maximum absolute atomic E-state index is 13.2. The number of rotatable bonds is 1. The third kappa shape index (κ3) is 2.79. The molecule has 0 aliphatic carbocycles. The van der Waals surface area contributed by atoms with E-state index in [1.54, 1.807) is 26.1 Å². The Bertz CT molecular complexity index is 713. The van der Waals surface area contributed by atoms with Gasteiger partial charge < -0.3 is 0 Å². The van der Waals surface area contributed by atoms with Gasteiger partial charge in [-0.15, -0.1) is 0 Å². The second-order valence-corrected chi connectivity index (χ2v) is 5.39. The van der Waals surface area contributed by atoms with E-state index in [9.17, 15) is 18.0 Å². The van der Waals surface area contributed by atoms with Crippen molar-refractivity contribution >= 4 is 17.3 Å². The van der Waals surface area contributed by atoms with Gasteiger partial charge in [-0.2, -0.15) is 18.3 Å². The number of halogens is 3. The van der Waals surface area contributed by atoms with Crippen LogP contribution >= 0.6 is 0 Å². The highest BCUT2D eigenvalue weighted by Crippen LogP contribution is 2.32. The van der Waals surface area contributed by atoms with Crippen LogP contribution in [0.25, 0.3) is 0 Å². The Morgan fingerprint density at radius 2 is 2.13 bits per heavy atom. The number of alkyl halides is 3. The van der Waals surface area contributed by atoms with Crippen LogP contribution in [0, 0.1) is 6.92 Å². The second kappa shape index (κ2) is 5.34. The Morgan fingerprint density at radius 1 is 1.39 bits per heavy atom. The van der Waals surface area contributed by atoms with E-state index in [1.165, 1.54) is 11.2 Å². The fraction of sp³-hybridized carbons (Fsp3) is 0.357. The predicted molar refractivity (Wildman–Crippen MR) is 77.6 cm³/mol. The van der Waals surface area contributed by atoms with Crippen molar-refractivity contribution in [2.45, 2.75) is 19.1 Å². The number of aryl methyl sites for hydroxylation is 1. The first-order valence-corrected chi connectivity index (χ1v) is 6.86. The van der Waals surface area contributed by atoms with Gasteiger partial charge in [0.1, 0.15) is 0 Å². The Labute approximate surface area is 130 Å². The molecule has 1 N–H and O–H groups in total. The number of anilines is 1. The normalized spacial score (nSPS) is 22.2. The van der Waals surface area contributed by atoms with E-state index in [4.69, 9.17) is 0 Å². The SMILES string of the molecule is Cc1ncccc1N1N=C(C(F)(F)F)C=C2CN(C)NC(=O)C21. The van der Waals surface area contributed by atoms with Gasteiger partial charge in [0.05, 0.1) is 11.4 Å². The van der Waals surface area contributed by atoms with Crippen LogP contribution in [0.5, 0.6) is 0 Å². The lowest BCUT2D eigenvalue weighted by Crippen LogP contribution is -2.59. The van der Waals surface area contributed by atoms with Gasteiger partial charge in [-0.3, -0.25) is 15.2 Å². The van der Waals surface area contributed by atoms with E-state index in [2.05, 4.69) is 15.5 Å². The van der Waals surface area contributed by atoms with Gasteiger partial charge in [-0.25, -0.2) is 10.0 Å². The second-order valence-electron chi connectivity index (χ2n) is 5.39. The summed E-state index contributed by atoms with van der Waals surface area (Å²) in [7, 11) is 1.59. The molecular formula is C14H14F3N5O. The highest BCUT2D eigenvalue weighted by atomic mass is 19.4. The molecule has 9 heteroatoms. The van der Waals surface area contributed by atoms with Gasteiger partial charge in [0.25, 0.3) is 5.91 Å². The predicted octanol–water partition coefficient (Wildman–Crippen LogP) is 1.40. The summed E-state index contributed by atoms with van der Waals surface area (Å²) in [5.41, 5.74) is 2.75. The summed E-state index contributed by atoms with van der Waals surface area (Å²) in [6.45, 7) is 1.84. The Kier molecular flexibility index (Phi) is 3.59. The molecule has 3 rings (SSSR count). The third-order valence-corrected chi connectivity index (χ3v) is 3.62. The summed E-state index contributed by atoms with van der Waals surface area (Å²) in [5.74, 6) is -0.432. The number of aromatic nitrogens is 1. The zero-order valence-electron chi connectivity index (χ0n) is 12.4. The van der Waals surface area contributed by atoms with Crippen LogP contribution in [0.3, 0.4) is 0 Å². The van der Waals surface area contributed by atoms with E-state index in [0.717, 1.165) is 11.1 Å². The average Bonchev–Trinajstić information content (AvgIpc) is 2.45. The molecule has 0 aromatic carbocycles. The van der Waals surface area contributed by atoms with Crippen LogP contribution in [0.1, 0.15) is 5.69 Å². The summed E-state index contributed by atoms with van der Waals surface area (Å²) in [6, 6.07) is 2.27. The first-order valence-electron chi connectivity index (χ1n) is 6.86. The van der Waals surface area contributed by atoms with E-state index in [0.29, 0.717) is 17.0 Å². The lowest BCUT2D eigenvalue weighted by Gasteiger charge is -2.39. The highest BCUT2D eigenvalue weighted by molar-refractivity contribution is 6.04. The minimum Gasteiger partial charge on any atom is -0.287 e. The van der Waals surface area contributed by atoms with Gasteiger partial charge in [-0.1, -0.05) is 0 Å². The molecule has 1 saturated heterocycles. The molecule has 2 aliphatic rings.